The van der Waals surface area contributed by atoms with Crippen LogP contribution in [0.15, 0.2) is 35.5 Å². The van der Waals surface area contributed by atoms with Gasteiger partial charge in [0.1, 0.15) is 11.6 Å². The number of H-pyrrole nitrogens is 1. The normalized spacial score (nSPS) is 19.6. The monoisotopic (exact) mass is 291 g/mol. The molecule has 2 atom stereocenters. The topological polar surface area (TPSA) is 40.7 Å². The number of nitrogens with one attached hydrogen (secondary N) is 2. The zero-order valence-corrected chi connectivity index (χ0v) is 12.2. The number of aromatic amines is 1. The molecule has 1 aromatic heterocycles. The Morgan fingerprint density at radius 3 is 3.20 bits per heavy atom. The van der Waals surface area contributed by atoms with Crippen LogP contribution in [0.5, 0.6) is 0 Å². The van der Waals surface area contributed by atoms with Crippen LogP contribution < -0.4 is 5.32 Å². The van der Waals surface area contributed by atoms with Gasteiger partial charge in [-0.25, -0.2) is 9.37 Å². The van der Waals surface area contributed by atoms with E-state index in [-0.39, 0.29) is 17.9 Å². The highest BCUT2D eigenvalue weighted by molar-refractivity contribution is 7.99. The molecule has 2 heterocycles. The third-order valence-corrected chi connectivity index (χ3v) is 4.85. The Balaban J connectivity index is 1.84. The first-order valence-electron chi connectivity index (χ1n) is 6.96. The predicted octanol–water partition coefficient (Wildman–Crippen LogP) is 3.83. The van der Waals surface area contributed by atoms with Crippen LogP contribution in [0.25, 0.3) is 0 Å². The number of aromatic nitrogens is 2. The smallest absolute Gasteiger partial charge is 0.137 e. The summed E-state index contributed by atoms with van der Waals surface area (Å²) in [6, 6.07) is 5.73. The van der Waals surface area contributed by atoms with Crippen molar-refractivity contribution in [2.24, 2.45) is 0 Å². The van der Waals surface area contributed by atoms with Gasteiger partial charge in [0, 0.05) is 23.3 Å². The largest absolute Gasteiger partial charge is 0.347 e. The van der Waals surface area contributed by atoms with Gasteiger partial charge in [0.15, 0.2) is 0 Å². The van der Waals surface area contributed by atoms with Crippen LogP contribution in [-0.4, -0.2) is 15.7 Å². The Morgan fingerprint density at radius 2 is 2.45 bits per heavy atom. The molecular weight excluding hydrogens is 273 g/mol. The number of benzene rings is 1. The van der Waals surface area contributed by atoms with Crippen LogP contribution in [-0.2, 0) is 0 Å². The predicted molar refractivity (Wildman–Crippen MR) is 79.2 cm³/mol. The highest BCUT2D eigenvalue weighted by Crippen LogP contribution is 2.38. The fourth-order valence-corrected chi connectivity index (χ4v) is 3.80. The Morgan fingerprint density at radius 1 is 1.55 bits per heavy atom. The van der Waals surface area contributed by atoms with E-state index < -0.39 is 0 Å². The van der Waals surface area contributed by atoms with Crippen LogP contribution in [0.1, 0.15) is 43.2 Å². The van der Waals surface area contributed by atoms with Crippen molar-refractivity contribution in [3.63, 3.8) is 0 Å². The van der Waals surface area contributed by atoms with Crippen molar-refractivity contribution in [2.75, 3.05) is 5.75 Å². The van der Waals surface area contributed by atoms with E-state index in [2.05, 4.69) is 22.2 Å². The molecular formula is C15H18FN3S. The number of thioether (sulfide) groups is 1. The van der Waals surface area contributed by atoms with Crippen molar-refractivity contribution >= 4 is 11.8 Å². The van der Waals surface area contributed by atoms with Crippen LogP contribution in [0.3, 0.4) is 0 Å². The molecule has 1 aliphatic rings. The molecule has 0 saturated carbocycles. The standard InChI is InChI=1S/C15H18FN3S/c1-2-12(15-17-7-8-18-15)19-13-6-9-20-14-10(13)4-3-5-11(14)16/h3-5,7-8,12-13,19H,2,6,9H2,1H3,(H,17,18). The fourth-order valence-electron chi connectivity index (χ4n) is 2.66. The molecule has 0 aliphatic carbocycles. The first-order chi connectivity index (χ1) is 9.79. The van der Waals surface area contributed by atoms with Gasteiger partial charge in [-0.3, -0.25) is 0 Å². The maximum Gasteiger partial charge on any atom is 0.137 e. The molecule has 20 heavy (non-hydrogen) atoms. The number of imidazole rings is 1. The summed E-state index contributed by atoms with van der Waals surface area (Å²) >= 11 is 1.61. The summed E-state index contributed by atoms with van der Waals surface area (Å²) in [6.45, 7) is 2.13. The van der Waals surface area contributed by atoms with Crippen molar-refractivity contribution < 1.29 is 4.39 Å². The molecule has 0 amide bonds. The number of hydrogen-bond donors (Lipinski definition) is 2. The van der Waals surface area contributed by atoms with Crippen LogP contribution in [0.2, 0.25) is 0 Å². The number of rotatable bonds is 4. The molecule has 0 fully saturated rings. The highest BCUT2D eigenvalue weighted by Gasteiger charge is 2.25. The van der Waals surface area contributed by atoms with E-state index in [1.165, 1.54) is 6.07 Å². The zero-order valence-electron chi connectivity index (χ0n) is 11.4. The average Bonchev–Trinajstić information content (AvgIpc) is 2.99. The summed E-state index contributed by atoms with van der Waals surface area (Å²) < 4.78 is 13.9. The summed E-state index contributed by atoms with van der Waals surface area (Å²) in [4.78, 5) is 8.29. The Hall–Kier alpha value is -1.33. The molecule has 3 rings (SSSR count). The van der Waals surface area contributed by atoms with Crippen molar-refractivity contribution in [1.29, 1.82) is 0 Å². The second kappa shape index (κ2) is 5.97. The molecule has 0 spiro atoms. The van der Waals surface area contributed by atoms with Gasteiger partial charge in [0.2, 0.25) is 0 Å². The summed E-state index contributed by atoms with van der Waals surface area (Å²) in [5, 5.41) is 3.62. The second-order valence-electron chi connectivity index (χ2n) is 4.95. The SMILES string of the molecule is CCC(NC1CCSc2c(F)cccc21)c1ncc[nH]1. The van der Waals surface area contributed by atoms with E-state index in [4.69, 9.17) is 0 Å². The van der Waals surface area contributed by atoms with Gasteiger partial charge in [0.05, 0.1) is 6.04 Å². The Labute approximate surface area is 122 Å². The number of halogens is 1. The molecule has 5 heteroatoms. The third-order valence-electron chi connectivity index (χ3n) is 3.69. The van der Waals surface area contributed by atoms with Crippen molar-refractivity contribution in [3.05, 3.63) is 47.8 Å². The lowest BCUT2D eigenvalue weighted by atomic mass is 10.0. The molecule has 1 aromatic carbocycles. The third kappa shape index (κ3) is 2.60. The van der Waals surface area contributed by atoms with Crippen LogP contribution >= 0.6 is 11.8 Å². The molecule has 106 valence electrons. The quantitative estimate of drug-likeness (QED) is 0.899. The van der Waals surface area contributed by atoms with E-state index in [1.807, 2.05) is 12.3 Å². The van der Waals surface area contributed by atoms with Crippen LogP contribution in [0.4, 0.5) is 4.39 Å². The lowest BCUT2D eigenvalue weighted by molar-refractivity contribution is 0.405. The molecule has 2 N–H and O–H groups in total. The average molecular weight is 291 g/mol. The second-order valence-corrected chi connectivity index (χ2v) is 6.05. The molecule has 3 nitrogen and oxygen atoms in total. The number of nitrogens with zero attached hydrogens (tertiary/aromatic N) is 1. The highest BCUT2D eigenvalue weighted by atomic mass is 32.2. The molecule has 0 radical (unpaired) electrons. The molecule has 2 aromatic rings. The van der Waals surface area contributed by atoms with E-state index in [0.717, 1.165) is 34.9 Å². The summed E-state index contributed by atoms with van der Waals surface area (Å²) in [5.74, 6) is 1.79. The summed E-state index contributed by atoms with van der Waals surface area (Å²) in [7, 11) is 0. The fraction of sp³-hybridized carbons (Fsp3) is 0.400. The van der Waals surface area contributed by atoms with Gasteiger partial charge in [-0.1, -0.05) is 19.1 Å². The Kier molecular flexibility index (Phi) is 4.08. The van der Waals surface area contributed by atoms with E-state index >= 15 is 0 Å². The van der Waals surface area contributed by atoms with Gasteiger partial charge in [0.25, 0.3) is 0 Å². The summed E-state index contributed by atoms with van der Waals surface area (Å²) in [6.07, 6.45) is 5.56. The van der Waals surface area contributed by atoms with Crippen LogP contribution in [0, 0.1) is 5.82 Å². The van der Waals surface area contributed by atoms with Gasteiger partial charge >= 0.3 is 0 Å². The first-order valence-corrected chi connectivity index (χ1v) is 7.94. The molecule has 1 aliphatic heterocycles. The number of hydrogen-bond acceptors (Lipinski definition) is 3. The first kappa shape index (κ1) is 13.6. The minimum atomic E-state index is -0.106. The van der Waals surface area contributed by atoms with Gasteiger partial charge < -0.3 is 10.3 Å². The zero-order chi connectivity index (χ0) is 13.9. The van der Waals surface area contributed by atoms with E-state index in [1.54, 1.807) is 24.0 Å². The maximum absolute atomic E-state index is 13.9. The maximum atomic E-state index is 13.9. The number of fused-ring (bicyclic) bond motifs is 1. The molecule has 0 bridgehead atoms. The van der Waals surface area contributed by atoms with Gasteiger partial charge in [-0.15, -0.1) is 11.8 Å². The van der Waals surface area contributed by atoms with Gasteiger partial charge in [-0.05, 0) is 30.2 Å². The minimum Gasteiger partial charge on any atom is -0.347 e. The van der Waals surface area contributed by atoms with Crippen molar-refractivity contribution in [2.45, 2.75) is 36.7 Å². The Bertz CT molecular complexity index is 571. The minimum absolute atomic E-state index is 0.106. The molecule has 0 saturated heterocycles. The summed E-state index contributed by atoms with van der Waals surface area (Å²) in [5.41, 5.74) is 1.08. The van der Waals surface area contributed by atoms with Crippen molar-refractivity contribution in [3.8, 4) is 0 Å². The van der Waals surface area contributed by atoms with Crippen molar-refractivity contribution in [1.82, 2.24) is 15.3 Å². The van der Waals surface area contributed by atoms with E-state index in [9.17, 15) is 4.39 Å². The van der Waals surface area contributed by atoms with E-state index in [0.29, 0.717) is 0 Å². The lowest BCUT2D eigenvalue weighted by Crippen LogP contribution is -2.29. The molecule has 2 unspecified atom stereocenters. The lowest BCUT2D eigenvalue weighted by Gasteiger charge is -2.29. The van der Waals surface area contributed by atoms with Gasteiger partial charge in [-0.2, -0.15) is 0 Å².